The van der Waals surface area contributed by atoms with Crippen LogP contribution in [0.25, 0.3) is 0 Å². The molecule has 0 saturated heterocycles. The number of nitrogens with zero attached hydrogens (tertiary/aromatic N) is 1. The van der Waals surface area contributed by atoms with Crippen LogP contribution in [0, 0.1) is 0 Å². The van der Waals surface area contributed by atoms with Crippen molar-refractivity contribution in [2.45, 2.75) is 39.3 Å². The number of ether oxygens (including phenoxy) is 1. The van der Waals surface area contributed by atoms with Gasteiger partial charge in [-0.15, -0.1) is 11.3 Å². The van der Waals surface area contributed by atoms with Crippen molar-refractivity contribution in [3.8, 4) is 5.75 Å². The zero-order chi connectivity index (χ0) is 14.6. The highest BCUT2D eigenvalue weighted by molar-refractivity contribution is 7.11. The Hall–Kier alpha value is -1.39. The SMILES string of the molecule is COc1ccccc1CNCc1cnc(C(C)(C)C)s1. The van der Waals surface area contributed by atoms with Gasteiger partial charge in [-0.05, 0) is 6.07 Å². The Labute approximate surface area is 125 Å². The molecule has 108 valence electrons. The van der Waals surface area contributed by atoms with E-state index in [9.17, 15) is 0 Å². The smallest absolute Gasteiger partial charge is 0.123 e. The molecule has 0 amide bonds. The lowest BCUT2D eigenvalue weighted by molar-refractivity contribution is 0.407. The molecule has 0 radical (unpaired) electrons. The Bertz CT molecular complexity index is 558. The fourth-order valence-electron chi connectivity index (χ4n) is 1.91. The molecule has 2 rings (SSSR count). The van der Waals surface area contributed by atoms with Gasteiger partial charge in [0.15, 0.2) is 0 Å². The van der Waals surface area contributed by atoms with Gasteiger partial charge in [0, 0.05) is 35.1 Å². The van der Waals surface area contributed by atoms with Gasteiger partial charge in [0.2, 0.25) is 0 Å². The van der Waals surface area contributed by atoms with Crippen LogP contribution in [0.4, 0.5) is 0 Å². The number of hydrogen-bond donors (Lipinski definition) is 1. The first-order chi connectivity index (χ1) is 9.50. The molecule has 1 aromatic carbocycles. The summed E-state index contributed by atoms with van der Waals surface area (Å²) in [6.07, 6.45) is 1.97. The quantitative estimate of drug-likeness (QED) is 0.911. The Morgan fingerprint density at radius 1 is 1.20 bits per heavy atom. The van der Waals surface area contributed by atoms with Crippen LogP contribution in [0.5, 0.6) is 5.75 Å². The maximum absolute atomic E-state index is 5.35. The molecule has 0 fully saturated rings. The Morgan fingerprint density at radius 3 is 2.60 bits per heavy atom. The fourth-order valence-corrected chi connectivity index (χ4v) is 2.84. The monoisotopic (exact) mass is 290 g/mol. The van der Waals surface area contributed by atoms with Crippen LogP contribution in [0.3, 0.4) is 0 Å². The van der Waals surface area contributed by atoms with Crippen LogP contribution in [-0.2, 0) is 18.5 Å². The van der Waals surface area contributed by atoms with Gasteiger partial charge in [-0.3, -0.25) is 0 Å². The van der Waals surface area contributed by atoms with Crippen LogP contribution in [-0.4, -0.2) is 12.1 Å². The third-order valence-corrected chi connectivity index (χ3v) is 4.43. The predicted molar refractivity (Wildman–Crippen MR) is 84.4 cm³/mol. The van der Waals surface area contributed by atoms with E-state index >= 15 is 0 Å². The molecule has 1 heterocycles. The highest BCUT2D eigenvalue weighted by Crippen LogP contribution is 2.26. The van der Waals surface area contributed by atoms with Crippen LogP contribution in [0.2, 0.25) is 0 Å². The summed E-state index contributed by atoms with van der Waals surface area (Å²) < 4.78 is 5.35. The van der Waals surface area contributed by atoms with E-state index in [1.165, 1.54) is 15.4 Å². The van der Waals surface area contributed by atoms with Crippen molar-refractivity contribution in [3.63, 3.8) is 0 Å². The third kappa shape index (κ3) is 3.81. The summed E-state index contributed by atoms with van der Waals surface area (Å²) in [6.45, 7) is 8.21. The zero-order valence-electron chi connectivity index (χ0n) is 12.6. The van der Waals surface area contributed by atoms with E-state index in [1.807, 2.05) is 24.4 Å². The molecule has 0 saturated carbocycles. The Balaban J connectivity index is 1.91. The van der Waals surface area contributed by atoms with Gasteiger partial charge in [-0.1, -0.05) is 39.0 Å². The molecule has 0 aliphatic rings. The van der Waals surface area contributed by atoms with Gasteiger partial charge in [-0.2, -0.15) is 0 Å². The zero-order valence-corrected chi connectivity index (χ0v) is 13.4. The molecule has 2 aromatic rings. The lowest BCUT2D eigenvalue weighted by Gasteiger charge is -2.13. The van der Waals surface area contributed by atoms with E-state index in [0.717, 1.165) is 18.8 Å². The van der Waals surface area contributed by atoms with Gasteiger partial charge < -0.3 is 10.1 Å². The average molecular weight is 290 g/mol. The maximum atomic E-state index is 5.35. The summed E-state index contributed by atoms with van der Waals surface area (Å²) in [5, 5.41) is 4.63. The summed E-state index contributed by atoms with van der Waals surface area (Å²) >= 11 is 1.78. The fraction of sp³-hybridized carbons (Fsp3) is 0.438. The lowest BCUT2D eigenvalue weighted by atomic mass is 9.98. The highest BCUT2D eigenvalue weighted by atomic mass is 32.1. The Kier molecular flexibility index (Phi) is 4.78. The van der Waals surface area contributed by atoms with E-state index in [0.29, 0.717) is 0 Å². The first kappa shape index (κ1) is 15.0. The van der Waals surface area contributed by atoms with Crippen molar-refractivity contribution < 1.29 is 4.74 Å². The lowest BCUT2D eigenvalue weighted by Crippen LogP contribution is -2.12. The second kappa shape index (κ2) is 6.37. The topological polar surface area (TPSA) is 34.1 Å². The molecular weight excluding hydrogens is 268 g/mol. The molecule has 3 nitrogen and oxygen atoms in total. The van der Waals surface area contributed by atoms with Crippen LogP contribution < -0.4 is 10.1 Å². The molecule has 0 atom stereocenters. The van der Waals surface area contributed by atoms with E-state index in [-0.39, 0.29) is 5.41 Å². The largest absolute Gasteiger partial charge is 0.496 e. The minimum atomic E-state index is 0.131. The second-order valence-electron chi connectivity index (χ2n) is 5.80. The highest BCUT2D eigenvalue weighted by Gasteiger charge is 2.17. The molecule has 1 aromatic heterocycles. The molecule has 0 aliphatic carbocycles. The number of methoxy groups -OCH3 is 1. The van der Waals surface area contributed by atoms with Crippen molar-refractivity contribution in [2.75, 3.05) is 7.11 Å². The van der Waals surface area contributed by atoms with Crippen molar-refractivity contribution in [1.82, 2.24) is 10.3 Å². The van der Waals surface area contributed by atoms with Crippen LogP contribution in [0.15, 0.2) is 30.5 Å². The molecule has 0 aliphatic heterocycles. The van der Waals surface area contributed by atoms with E-state index < -0.39 is 0 Å². The molecule has 1 N–H and O–H groups in total. The van der Waals surface area contributed by atoms with Crippen molar-refractivity contribution in [2.24, 2.45) is 0 Å². The number of benzene rings is 1. The van der Waals surface area contributed by atoms with E-state index in [2.05, 4.69) is 37.1 Å². The molecule has 0 spiro atoms. The molecule has 4 heteroatoms. The molecule has 0 unspecified atom stereocenters. The number of aromatic nitrogens is 1. The first-order valence-corrected chi connectivity index (χ1v) is 7.60. The average Bonchev–Trinajstić information content (AvgIpc) is 2.88. The standard InChI is InChI=1S/C16H22N2OS/c1-16(2,3)15-18-11-13(20-15)10-17-9-12-7-5-6-8-14(12)19-4/h5-8,11,17H,9-10H2,1-4H3. The van der Waals surface area contributed by atoms with Crippen LogP contribution in [0.1, 0.15) is 36.2 Å². The number of rotatable bonds is 5. The number of para-hydroxylation sites is 1. The number of thiazole rings is 1. The van der Waals surface area contributed by atoms with Gasteiger partial charge in [0.25, 0.3) is 0 Å². The first-order valence-electron chi connectivity index (χ1n) is 6.78. The van der Waals surface area contributed by atoms with Crippen LogP contribution >= 0.6 is 11.3 Å². The maximum Gasteiger partial charge on any atom is 0.123 e. The predicted octanol–water partition coefficient (Wildman–Crippen LogP) is 3.74. The van der Waals surface area contributed by atoms with Gasteiger partial charge in [0.05, 0.1) is 12.1 Å². The van der Waals surface area contributed by atoms with Crippen molar-refractivity contribution >= 4 is 11.3 Å². The van der Waals surface area contributed by atoms with E-state index in [4.69, 9.17) is 4.74 Å². The summed E-state index contributed by atoms with van der Waals surface area (Å²) in [5.74, 6) is 0.930. The Morgan fingerprint density at radius 2 is 1.95 bits per heavy atom. The number of hydrogen-bond acceptors (Lipinski definition) is 4. The third-order valence-electron chi connectivity index (χ3n) is 3.00. The normalized spacial score (nSPS) is 11.6. The summed E-state index contributed by atoms with van der Waals surface area (Å²) in [6, 6.07) is 8.09. The minimum Gasteiger partial charge on any atom is -0.496 e. The van der Waals surface area contributed by atoms with Crippen molar-refractivity contribution in [3.05, 3.63) is 45.9 Å². The van der Waals surface area contributed by atoms with Gasteiger partial charge in [0.1, 0.15) is 5.75 Å². The molecule has 0 bridgehead atoms. The minimum absolute atomic E-state index is 0.131. The second-order valence-corrected chi connectivity index (χ2v) is 6.91. The number of nitrogens with one attached hydrogen (secondary N) is 1. The molecular formula is C16H22N2OS. The molecule has 20 heavy (non-hydrogen) atoms. The van der Waals surface area contributed by atoms with E-state index in [1.54, 1.807) is 18.4 Å². The summed E-state index contributed by atoms with van der Waals surface area (Å²) in [5.41, 5.74) is 1.31. The van der Waals surface area contributed by atoms with Gasteiger partial charge >= 0.3 is 0 Å². The van der Waals surface area contributed by atoms with Gasteiger partial charge in [-0.25, -0.2) is 4.98 Å². The summed E-state index contributed by atoms with van der Waals surface area (Å²) in [7, 11) is 1.71. The summed E-state index contributed by atoms with van der Waals surface area (Å²) in [4.78, 5) is 5.77. The van der Waals surface area contributed by atoms with Crippen molar-refractivity contribution in [1.29, 1.82) is 0 Å².